The number of anilines is 2. The molecule has 0 spiro atoms. The molecule has 5 nitrogen and oxygen atoms in total. The van der Waals surface area contributed by atoms with Crippen LogP contribution in [0.25, 0.3) is 0 Å². The topological polar surface area (TPSA) is 78.4 Å². The maximum absolute atomic E-state index is 12.8. The monoisotopic (exact) mass is 338 g/mol. The summed E-state index contributed by atoms with van der Waals surface area (Å²) in [6.07, 6.45) is -4.52. The van der Waals surface area contributed by atoms with Crippen LogP contribution in [0.15, 0.2) is 48.5 Å². The SMILES string of the molecule is O=C(CNc1ccccc1C(F)(F)F)Nc1ccc(C(=O)O)cc1. The minimum absolute atomic E-state index is 0.0604. The van der Waals surface area contributed by atoms with Crippen molar-refractivity contribution >= 4 is 23.3 Å². The number of aromatic carboxylic acids is 1. The molecule has 8 heteroatoms. The van der Waals surface area contributed by atoms with Gasteiger partial charge in [-0.1, -0.05) is 12.1 Å². The van der Waals surface area contributed by atoms with E-state index in [1.807, 2.05) is 0 Å². The van der Waals surface area contributed by atoms with E-state index in [1.54, 1.807) is 0 Å². The number of nitrogens with one attached hydrogen (secondary N) is 2. The Hall–Kier alpha value is -3.03. The molecule has 0 heterocycles. The minimum Gasteiger partial charge on any atom is -0.478 e. The van der Waals surface area contributed by atoms with Gasteiger partial charge in [0.2, 0.25) is 5.91 Å². The van der Waals surface area contributed by atoms with Crippen LogP contribution in [0.3, 0.4) is 0 Å². The molecule has 3 N–H and O–H groups in total. The van der Waals surface area contributed by atoms with Gasteiger partial charge in [-0.05, 0) is 36.4 Å². The van der Waals surface area contributed by atoms with E-state index < -0.39 is 23.6 Å². The molecule has 126 valence electrons. The Labute approximate surface area is 135 Å². The Bertz CT molecular complexity index is 743. The molecule has 0 atom stereocenters. The van der Waals surface area contributed by atoms with Gasteiger partial charge in [0.1, 0.15) is 0 Å². The van der Waals surface area contributed by atoms with Crippen molar-refractivity contribution in [2.24, 2.45) is 0 Å². The molecule has 0 aromatic heterocycles. The molecule has 2 aromatic rings. The van der Waals surface area contributed by atoms with Crippen LogP contribution < -0.4 is 10.6 Å². The van der Waals surface area contributed by atoms with Crippen LogP contribution in [-0.4, -0.2) is 23.5 Å². The molecule has 0 aliphatic rings. The summed E-state index contributed by atoms with van der Waals surface area (Å²) in [6.45, 7) is -0.367. The van der Waals surface area contributed by atoms with Gasteiger partial charge in [0.05, 0.1) is 17.7 Å². The van der Waals surface area contributed by atoms with Gasteiger partial charge in [-0.15, -0.1) is 0 Å². The highest BCUT2D eigenvalue weighted by atomic mass is 19.4. The van der Waals surface area contributed by atoms with Gasteiger partial charge in [0.15, 0.2) is 0 Å². The third kappa shape index (κ3) is 4.48. The van der Waals surface area contributed by atoms with E-state index in [4.69, 9.17) is 5.11 Å². The minimum atomic E-state index is -4.52. The van der Waals surface area contributed by atoms with Crippen molar-refractivity contribution in [1.82, 2.24) is 0 Å². The van der Waals surface area contributed by atoms with Crippen LogP contribution in [0, 0.1) is 0 Å². The predicted octanol–water partition coefficient (Wildman–Crippen LogP) is 3.45. The Morgan fingerprint density at radius 1 is 1.00 bits per heavy atom. The van der Waals surface area contributed by atoms with Gasteiger partial charge < -0.3 is 15.7 Å². The average molecular weight is 338 g/mol. The second-order valence-electron chi connectivity index (χ2n) is 4.83. The molecule has 0 fully saturated rings. The first-order valence-corrected chi connectivity index (χ1v) is 6.80. The normalized spacial score (nSPS) is 11.0. The number of alkyl halides is 3. The summed E-state index contributed by atoms with van der Waals surface area (Å²) < 4.78 is 38.5. The fourth-order valence-electron chi connectivity index (χ4n) is 1.96. The van der Waals surface area contributed by atoms with Crippen molar-refractivity contribution in [2.45, 2.75) is 6.18 Å². The van der Waals surface area contributed by atoms with Crippen molar-refractivity contribution in [1.29, 1.82) is 0 Å². The van der Waals surface area contributed by atoms with Crippen LogP contribution in [0.4, 0.5) is 24.5 Å². The Morgan fingerprint density at radius 3 is 2.21 bits per heavy atom. The number of carboxylic acid groups (broad SMARTS) is 1. The highest BCUT2D eigenvalue weighted by Crippen LogP contribution is 2.34. The van der Waals surface area contributed by atoms with Crippen molar-refractivity contribution in [3.05, 3.63) is 59.7 Å². The summed E-state index contributed by atoms with van der Waals surface area (Å²) in [5.74, 6) is -1.66. The van der Waals surface area contributed by atoms with Gasteiger partial charge in [0, 0.05) is 11.4 Å². The molecule has 0 aliphatic heterocycles. The average Bonchev–Trinajstić information content (AvgIpc) is 2.53. The van der Waals surface area contributed by atoms with E-state index >= 15 is 0 Å². The summed E-state index contributed by atoms with van der Waals surface area (Å²) in [6, 6.07) is 10.3. The highest BCUT2D eigenvalue weighted by Gasteiger charge is 2.33. The van der Waals surface area contributed by atoms with Crippen molar-refractivity contribution in [3.63, 3.8) is 0 Å². The molecule has 2 aromatic carbocycles. The van der Waals surface area contributed by atoms with E-state index in [0.717, 1.165) is 6.07 Å². The van der Waals surface area contributed by atoms with Crippen molar-refractivity contribution in [3.8, 4) is 0 Å². The molecule has 24 heavy (non-hydrogen) atoms. The summed E-state index contributed by atoms with van der Waals surface area (Å²) in [4.78, 5) is 22.5. The number of hydrogen-bond acceptors (Lipinski definition) is 3. The smallest absolute Gasteiger partial charge is 0.418 e. The second kappa shape index (κ2) is 7.03. The van der Waals surface area contributed by atoms with E-state index in [9.17, 15) is 22.8 Å². The zero-order chi connectivity index (χ0) is 17.7. The standard InChI is InChI=1S/C16H13F3N2O3/c17-16(18,19)12-3-1-2-4-13(12)20-9-14(22)21-11-7-5-10(6-8-11)15(23)24/h1-8,20H,9H2,(H,21,22)(H,23,24). The lowest BCUT2D eigenvalue weighted by atomic mass is 10.1. The summed E-state index contributed by atoms with van der Waals surface area (Å²) in [7, 11) is 0. The van der Waals surface area contributed by atoms with Crippen LogP contribution in [0.2, 0.25) is 0 Å². The number of carbonyl (C=O) groups is 2. The zero-order valence-corrected chi connectivity index (χ0v) is 12.2. The van der Waals surface area contributed by atoms with Crippen molar-refractivity contribution in [2.75, 3.05) is 17.2 Å². The Morgan fingerprint density at radius 2 is 1.62 bits per heavy atom. The first kappa shape index (κ1) is 17.3. The van der Waals surface area contributed by atoms with Gasteiger partial charge >= 0.3 is 12.1 Å². The second-order valence-corrected chi connectivity index (χ2v) is 4.83. The van der Waals surface area contributed by atoms with Crippen LogP contribution in [0.1, 0.15) is 15.9 Å². The largest absolute Gasteiger partial charge is 0.478 e. The molecule has 0 saturated heterocycles. The first-order valence-electron chi connectivity index (χ1n) is 6.80. The van der Waals surface area contributed by atoms with E-state index in [2.05, 4.69) is 10.6 Å². The maximum atomic E-state index is 12.8. The van der Waals surface area contributed by atoms with Crippen LogP contribution in [0.5, 0.6) is 0 Å². The van der Waals surface area contributed by atoms with Crippen molar-refractivity contribution < 1.29 is 27.9 Å². The molecule has 2 rings (SSSR count). The molecular formula is C16H13F3N2O3. The molecule has 0 saturated carbocycles. The first-order chi connectivity index (χ1) is 11.3. The molecule has 0 bridgehead atoms. The lowest BCUT2D eigenvalue weighted by molar-refractivity contribution is -0.137. The number of halogens is 3. The van der Waals surface area contributed by atoms with E-state index in [-0.39, 0.29) is 17.8 Å². The third-order valence-electron chi connectivity index (χ3n) is 3.09. The summed E-state index contributed by atoms with van der Waals surface area (Å²) in [5, 5.41) is 13.7. The lowest BCUT2D eigenvalue weighted by Gasteiger charge is -2.14. The maximum Gasteiger partial charge on any atom is 0.418 e. The summed E-state index contributed by atoms with van der Waals surface area (Å²) >= 11 is 0. The zero-order valence-electron chi connectivity index (χ0n) is 12.2. The van der Waals surface area contributed by atoms with E-state index in [1.165, 1.54) is 42.5 Å². The summed E-state index contributed by atoms with van der Waals surface area (Å²) in [5.41, 5.74) is -0.647. The molecule has 0 aliphatic carbocycles. The molecular weight excluding hydrogens is 325 g/mol. The number of para-hydroxylation sites is 1. The quantitative estimate of drug-likeness (QED) is 0.780. The van der Waals surface area contributed by atoms with Gasteiger partial charge in [-0.3, -0.25) is 4.79 Å². The highest BCUT2D eigenvalue weighted by molar-refractivity contribution is 5.94. The number of carboxylic acids is 1. The van der Waals surface area contributed by atoms with Gasteiger partial charge in [-0.25, -0.2) is 4.79 Å². The Balaban J connectivity index is 1.98. The fraction of sp³-hybridized carbons (Fsp3) is 0.125. The van der Waals surface area contributed by atoms with E-state index in [0.29, 0.717) is 5.69 Å². The van der Waals surface area contributed by atoms with Gasteiger partial charge in [0.25, 0.3) is 0 Å². The number of carbonyl (C=O) groups excluding carboxylic acids is 1. The van der Waals surface area contributed by atoms with Crippen LogP contribution in [-0.2, 0) is 11.0 Å². The molecule has 0 radical (unpaired) electrons. The van der Waals surface area contributed by atoms with Gasteiger partial charge in [-0.2, -0.15) is 13.2 Å². The molecule has 0 unspecified atom stereocenters. The number of amides is 1. The molecule has 1 amide bonds. The predicted molar refractivity (Wildman–Crippen MR) is 82.0 cm³/mol. The third-order valence-corrected chi connectivity index (χ3v) is 3.09. The fourth-order valence-corrected chi connectivity index (χ4v) is 1.96. The lowest BCUT2D eigenvalue weighted by Crippen LogP contribution is -2.23. The van der Waals surface area contributed by atoms with Crippen LogP contribution >= 0.6 is 0 Å². The Kier molecular flexibility index (Phi) is 5.08. The number of rotatable bonds is 5. The number of benzene rings is 2. The number of hydrogen-bond donors (Lipinski definition) is 3.